The van der Waals surface area contributed by atoms with Crippen LogP contribution < -0.4 is 9.54 Å². The fourth-order valence-corrected chi connectivity index (χ4v) is 3.09. The molecule has 0 radical (unpaired) electrons. The fourth-order valence-electron chi connectivity index (χ4n) is 2.35. The molecule has 27 heavy (non-hydrogen) atoms. The summed E-state index contributed by atoms with van der Waals surface area (Å²) >= 11 is 1.37. The predicted octanol–water partition coefficient (Wildman–Crippen LogP) is 3.32. The van der Waals surface area contributed by atoms with Gasteiger partial charge >= 0.3 is 0 Å². The Hall–Kier alpha value is -3.26. The van der Waals surface area contributed by atoms with Gasteiger partial charge in [-0.05, 0) is 24.6 Å². The van der Waals surface area contributed by atoms with Crippen molar-refractivity contribution in [2.45, 2.75) is 13.5 Å². The third kappa shape index (κ3) is 5.11. The number of rotatable bonds is 6. The van der Waals surface area contributed by atoms with Crippen LogP contribution in [0.3, 0.4) is 0 Å². The highest BCUT2D eigenvalue weighted by Gasteiger charge is 2.07. The van der Waals surface area contributed by atoms with Gasteiger partial charge in [-0.3, -0.25) is 14.9 Å². The summed E-state index contributed by atoms with van der Waals surface area (Å²) < 4.78 is 7.25. The SMILES string of the molecule is Cc1ccc(Cn2ccsc2=NC(=O)COc2ccc([N+](=O)[O-])cc2)cc1. The first-order chi connectivity index (χ1) is 13.0. The van der Waals surface area contributed by atoms with Gasteiger partial charge in [0.1, 0.15) is 5.75 Å². The van der Waals surface area contributed by atoms with Crippen LogP contribution in [0.2, 0.25) is 0 Å². The van der Waals surface area contributed by atoms with E-state index in [1.165, 1.54) is 41.2 Å². The summed E-state index contributed by atoms with van der Waals surface area (Å²) in [5, 5.41) is 12.5. The number of thiazole rings is 1. The molecule has 3 rings (SSSR count). The number of hydrogen-bond acceptors (Lipinski definition) is 5. The molecule has 138 valence electrons. The summed E-state index contributed by atoms with van der Waals surface area (Å²) in [6.07, 6.45) is 1.88. The molecule has 0 atom stereocenters. The number of carbonyl (C=O) groups is 1. The Balaban J connectivity index is 1.64. The minimum atomic E-state index is -0.492. The van der Waals surface area contributed by atoms with Gasteiger partial charge in [-0.25, -0.2) is 0 Å². The van der Waals surface area contributed by atoms with Gasteiger partial charge in [-0.2, -0.15) is 4.99 Å². The van der Waals surface area contributed by atoms with Crippen LogP contribution in [0.1, 0.15) is 11.1 Å². The molecule has 0 aliphatic rings. The average molecular weight is 383 g/mol. The van der Waals surface area contributed by atoms with Crippen molar-refractivity contribution in [3.63, 3.8) is 0 Å². The first kappa shape index (κ1) is 18.5. The number of amides is 1. The third-order valence-electron chi connectivity index (χ3n) is 3.76. The number of aryl methyl sites for hydroxylation is 1. The molecule has 2 aromatic carbocycles. The van der Waals surface area contributed by atoms with Crippen LogP contribution in [0.4, 0.5) is 5.69 Å². The van der Waals surface area contributed by atoms with Crippen LogP contribution in [-0.4, -0.2) is 22.0 Å². The molecule has 8 heteroatoms. The van der Waals surface area contributed by atoms with Crippen molar-refractivity contribution in [2.75, 3.05) is 6.61 Å². The lowest BCUT2D eigenvalue weighted by molar-refractivity contribution is -0.384. The number of nitrogens with zero attached hydrogens (tertiary/aromatic N) is 3. The Kier molecular flexibility index (Phi) is 5.77. The van der Waals surface area contributed by atoms with Crippen LogP contribution in [0, 0.1) is 17.0 Å². The summed E-state index contributed by atoms with van der Waals surface area (Å²) in [4.78, 5) is 26.9. The van der Waals surface area contributed by atoms with E-state index >= 15 is 0 Å². The Labute approximate surface area is 159 Å². The normalized spacial score (nSPS) is 11.4. The molecule has 0 aliphatic heterocycles. The van der Waals surface area contributed by atoms with Crippen LogP contribution in [0.15, 0.2) is 65.1 Å². The quantitative estimate of drug-likeness (QED) is 0.483. The molecule has 0 aliphatic carbocycles. The molecule has 0 N–H and O–H groups in total. The first-order valence-corrected chi connectivity index (χ1v) is 9.03. The minimum absolute atomic E-state index is 0.0332. The molecule has 7 nitrogen and oxygen atoms in total. The number of nitro benzene ring substituents is 1. The van der Waals surface area contributed by atoms with Gasteiger partial charge < -0.3 is 9.30 Å². The standard InChI is InChI=1S/C19H17N3O4S/c1-14-2-4-15(5-3-14)12-21-10-11-27-19(21)20-18(23)13-26-17-8-6-16(7-9-17)22(24)25/h2-11H,12-13H2,1H3. The van der Waals surface area contributed by atoms with Gasteiger partial charge in [0.05, 0.1) is 4.92 Å². The molecule has 0 saturated heterocycles. The first-order valence-electron chi connectivity index (χ1n) is 8.15. The molecule has 0 bridgehead atoms. The molecule has 0 spiro atoms. The second kappa shape index (κ2) is 8.41. The topological polar surface area (TPSA) is 86.7 Å². The number of non-ortho nitro benzene ring substituents is 1. The van der Waals surface area contributed by atoms with Gasteiger partial charge in [-0.1, -0.05) is 29.8 Å². The Morgan fingerprint density at radius 3 is 2.56 bits per heavy atom. The zero-order valence-corrected chi connectivity index (χ0v) is 15.4. The van der Waals surface area contributed by atoms with Crippen molar-refractivity contribution in [3.05, 3.63) is 86.2 Å². The average Bonchev–Trinajstić information content (AvgIpc) is 3.09. The zero-order chi connectivity index (χ0) is 19.2. The second-order valence-corrected chi connectivity index (χ2v) is 6.72. The van der Waals surface area contributed by atoms with Crippen molar-refractivity contribution in [1.82, 2.24) is 4.57 Å². The number of benzene rings is 2. The highest BCUT2D eigenvalue weighted by molar-refractivity contribution is 7.07. The smallest absolute Gasteiger partial charge is 0.286 e. The number of nitro groups is 1. The highest BCUT2D eigenvalue weighted by atomic mass is 32.1. The number of ether oxygens (including phenoxy) is 1. The van der Waals surface area contributed by atoms with E-state index in [1.807, 2.05) is 47.3 Å². The molecule has 3 aromatic rings. The van der Waals surface area contributed by atoms with Crippen LogP contribution in [0.25, 0.3) is 0 Å². The van der Waals surface area contributed by atoms with E-state index in [-0.39, 0.29) is 12.3 Å². The molecule has 0 saturated carbocycles. The molecular weight excluding hydrogens is 366 g/mol. The number of aromatic nitrogens is 1. The van der Waals surface area contributed by atoms with Gasteiger partial charge in [0.25, 0.3) is 11.6 Å². The largest absolute Gasteiger partial charge is 0.484 e. The third-order valence-corrected chi connectivity index (χ3v) is 4.56. The lowest BCUT2D eigenvalue weighted by Gasteiger charge is -2.04. The van der Waals surface area contributed by atoms with Crippen molar-refractivity contribution in [2.24, 2.45) is 4.99 Å². The fraction of sp³-hybridized carbons (Fsp3) is 0.158. The van der Waals surface area contributed by atoms with Gasteiger partial charge in [0, 0.05) is 30.3 Å². The summed E-state index contributed by atoms with van der Waals surface area (Å²) in [6, 6.07) is 13.7. The Morgan fingerprint density at radius 1 is 1.19 bits per heavy atom. The van der Waals surface area contributed by atoms with Gasteiger partial charge in [0.15, 0.2) is 11.4 Å². The molecule has 0 fully saturated rings. The lowest BCUT2D eigenvalue weighted by Crippen LogP contribution is -2.19. The molecular formula is C19H17N3O4S. The van der Waals surface area contributed by atoms with E-state index < -0.39 is 10.8 Å². The number of hydrogen-bond donors (Lipinski definition) is 0. The van der Waals surface area contributed by atoms with E-state index in [0.717, 1.165) is 5.56 Å². The molecule has 1 aromatic heterocycles. The van der Waals surface area contributed by atoms with Crippen molar-refractivity contribution < 1.29 is 14.5 Å². The van der Waals surface area contributed by atoms with E-state index in [4.69, 9.17) is 4.74 Å². The molecule has 1 heterocycles. The van der Waals surface area contributed by atoms with Crippen LogP contribution in [0.5, 0.6) is 5.75 Å². The maximum atomic E-state index is 12.1. The maximum Gasteiger partial charge on any atom is 0.286 e. The maximum absolute atomic E-state index is 12.1. The lowest BCUT2D eigenvalue weighted by atomic mass is 10.1. The summed E-state index contributed by atoms with van der Waals surface area (Å²) in [5.41, 5.74) is 2.28. The summed E-state index contributed by atoms with van der Waals surface area (Å²) in [6.45, 7) is 2.42. The summed E-state index contributed by atoms with van der Waals surface area (Å²) in [7, 11) is 0. The monoisotopic (exact) mass is 383 g/mol. The van der Waals surface area contributed by atoms with E-state index in [2.05, 4.69) is 4.99 Å². The van der Waals surface area contributed by atoms with Crippen LogP contribution >= 0.6 is 11.3 Å². The Morgan fingerprint density at radius 2 is 1.89 bits per heavy atom. The second-order valence-electron chi connectivity index (χ2n) is 5.84. The van der Waals surface area contributed by atoms with Crippen molar-refractivity contribution in [1.29, 1.82) is 0 Å². The molecule has 1 amide bonds. The van der Waals surface area contributed by atoms with E-state index in [1.54, 1.807) is 0 Å². The highest BCUT2D eigenvalue weighted by Crippen LogP contribution is 2.17. The van der Waals surface area contributed by atoms with E-state index in [9.17, 15) is 14.9 Å². The van der Waals surface area contributed by atoms with Crippen LogP contribution in [-0.2, 0) is 11.3 Å². The Bertz CT molecular complexity index is 1000. The van der Waals surface area contributed by atoms with E-state index in [0.29, 0.717) is 17.1 Å². The van der Waals surface area contributed by atoms with Crippen molar-refractivity contribution >= 4 is 22.9 Å². The predicted molar refractivity (Wildman–Crippen MR) is 102 cm³/mol. The molecule has 0 unspecified atom stereocenters. The minimum Gasteiger partial charge on any atom is -0.484 e. The van der Waals surface area contributed by atoms with Gasteiger partial charge in [0.2, 0.25) is 0 Å². The summed E-state index contributed by atoms with van der Waals surface area (Å²) in [5.74, 6) is -0.0451. The van der Waals surface area contributed by atoms with Crippen molar-refractivity contribution in [3.8, 4) is 5.75 Å². The van der Waals surface area contributed by atoms with Gasteiger partial charge in [-0.15, -0.1) is 11.3 Å². The number of carbonyl (C=O) groups excluding carboxylic acids is 1. The zero-order valence-electron chi connectivity index (χ0n) is 14.6.